The van der Waals surface area contributed by atoms with Crippen molar-refractivity contribution in [3.63, 3.8) is 0 Å². The lowest BCUT2D eigenvalue weighted by molar-refractivity contribution is -0.0446. The molecule has 3 unspecified atom stereocenters. The highest BCUT2D eigenvalue weighted by atomic mass is 16.5. The van der Waals surface area contributed by atoms with E-state index in [0.29, 0.717) is 12.2 Å². The Hall–Kier alpha value is -0.160. The summed E-state index contributed by atoms with van der Waals surface area (Å²) in [6, 6.07) is 0.607. The van der Waals surface area contributed by atoms with Crippen molar-refractivity contribution >= 4 is 0 Å². The topological polar surface area (TPSA) is 36.5 Å². The highest BCUT2D eigenvalue weighted by molar-refractivity contribution is 4.91. The molecule has 2 saturated heterocycles. The Balaban J connectivity index is 1.94. The molecule has 2 aliphatic rings. The van der Waals surface area contributed by atoms with Crippen LogP contribution < -0.4 is 10.6 Å². The highest BCUT2D eigenvalue weighted by Crippen LogP contribution is 2.19. The lowest BCUT2D eigenvalue weighted by Gasteiger charge is -2.46. The molecule has 0 aromatic heterocycles. The molecule has 4 nitrogen and oxygen atoms in total. The molecule has 3 atom stereocenters. The van der Waals surface area contributed by atoms with Gasteiger partial charge in [-0.3, -0.25) is 10.2 Å². The quantitative estimate of drug-likeness (QED) is 0.709. The molecule has 0 amide bonds. The number of hydrogen-bond donors (Lipinski definition) is 2. The van der Waals surface area contributed by atoms with E-state index in [1.807, 2.05) is 0 Å². The van der Waals surface area contributed by atoms with Crippen LogP contribution in [0.4, 0.5) is 0 Å². The third-order valence-corrected chi connectivity index (χ3v) is 3.45. The molecule has 2 heterocycles. The van der Waals surface area contributed by atoms with Gasteiger partial charge in [0, 0.05) is 25.7 Å². The van der Waals surface area contributed by atoms with Crippen LogP contribution in [0.1, 0.15) is 26.7 Å². The summed E-state index contributed by atoms with van der Waals surface area (Å²) in [5, 5.41) is 7.19. The van der Waals surface area contributed by atoms with E-state index in [1.165, 1.54) is 6.42 Å². The standard InChI is InChI=1S/C11H23N3O/c1-3-14-8-7-12-9-5-6-10(15-4-2)13-11(9)14/h9-13H,3-8H2,1-2H3. The van der Waals surface area contributed by atoms with Crippen LogP contribution in [0.3, 0.4) is 0 Å². The van der Waals surface area contributed by atoms with E-state index in [1.54, 1.807) is 0 Å². The second kappa shape index (κ2) is 5.25. The van der Waals surface area contributed by atoms with E-state index >= 15 is 0 Å². The van der Waals surface area contributed by atoms with Gasteiger partial charge in [0.15, 0.2) is 0 Å². The summed E-state index contributed by atoms with van der Waals surface area (Å²) in [4.78, 5) is 2.51. The van der Waals surface area contributed by atoms with Crippen LogP contribution in [0.15, 0.2) is 0 Å². The normalized spacial score (nSPS) is 37.6. The maximum Gasteiger partial charge on any atom is 0.109 e. The predicted octanol–water partition coefficient (Wildman–Crippen LogP) is 0.352. The Labute approximate surface area is 92.4 Å². The first-order valence-electron chi connectivity index (χ1n) is 6.20. The number of likely N-dealkylation sites (N-methyl/N-ethyl adjacent to an activating group) is 1. The zero-order valence-electron chi connectivity index (χ0n) is 9.83. The maximum atomic E-state index is 5.66. The molecule has 88 valence electrons. The van der Waals surface area contributed by atoms with Gasteiger partial charge in [-0.2, -0.15) is 0 Å². The van der Waals surface area contributed by atoms with Crippen molar-refractivity contribution in [1.82, 2.24) is 15.5 Å². The molecule has 2 fully saturated rings. The number of piperidine rings is 1. The minimum Gasteiger partial charge on any atom is -0.364 e. The zero-order valence-corrected chi connectivity index (χ0v) is 9.83. The minimum absolute atomic E-state index is 0.255. The molecule has 4 heteroatoms. The summed E-state index contributed by atoms with van der Waals surface area (Å²) < 4.78 is 5.66. The Morgan fingerprint density at radius 1 is 1.33 bits per heavy atom. The van der Waals surface area contributed by atoms with Gasteiger partial charge in [0.2, 0.25) is 0 Å². The second-order valence-electron chi connectivity index (χ2n) is 4.32. The van der Waals surface area contributed by atoms with E-state index in [9.17, 15) is 0 Å². The van der Waals surface area contributed by atoms with Gasteiger partial charge in [-0.05, 0) is 26.3 Å². The highest BCUT2D eigenvalue weighted by Gasteiger charge is 2.35. The Morgan fingerprint density at radius 2 is 2.20 bits per heavy atom. The van der Waals surface area contributed by atoms with Crippen molar-refractivity contribution in [2.24, 2.45) is 0 Å². The lowest BCUT2D eigenvalue weighted by atomic mass is 9.99. The van der Waals surface area contributed by atoms with E-state index in [-0.39, 0.29) is 6.23 Å². The molecule has 0 spiro atoms. The molecule has 0 aromatic rings. The number of hydrogen-bond acceptors (Lipinski definition) is 4. The number of fused-ring (bicyclic) bond motifs is 1. The smallest absolute Gasteiger partial charge is 0.109 e. The van der Waals surface area contributed by atoms with Crippen LogP contribution in [0, 0.1) is 0 Å². The van der Waals surface area contributed by atoms with E-state index in [2.05, 4.69) is 29.4 Å². The first-order valence-corrected chi connectivity index (χ1v) is 6.20. The number of ether oxygens (including phenoxy) is 1. The average molecular weight is 213 g/mol. The monoisotopic (exact) mass is 213 g/mol. The summed E-state index contributed by atoms with van der Waals surface area (Å²) in [5.41, 5.74) is 0. The van der Waals surface area contributed by atoms with Crippen molar-refractivity contribution in [3.8, 4) is 0 Å². The first-order chi connectivity index (χ1) is 7.35. The van der Waals surface area contributed by atoms with Gasteiger partial charge in [-0.1, -0.05) is 6.92 Å². The van der Waals surface area contributed by atoms with Crippen LogP contribution in [-0.2, 0) is 4.74 Å². The molecular formula is C11H23N3O. The zero-order chi connectivity index (χ0) is 10.7. The molecule has 0 saturated carbocycles. The van der Waals surface area contributed by atoms with Gasteiger partial charge >= 0.3 is 0 Å². The van der Waals surface area contributed by atoms with Crippen molar-refractivity contribution < 1.29 is 4.74 Å². The summed E-state index contributed by atoms with van der Waals surface area (Å²) in [7, 11) is 0. The van der Waals surface area contributed by atoms with Gasteiger partial charge in [0.05, 0.1) is 6.17 Å². The average Bonchev–Trinajstić information content (AvgIpc) is 2.28. The Bertz CT molecular complexity index is 194. The molecule has 0 aliphatic carbocycles. The molecule has 0 radical (unpaired) electrons. The largest absolute Gasteiger partial charge is 0.364 e. The molecule has 2 N–H and O–H groups in total. The van der Waals surface area contributed by atoms with Crippen molar-refractivity contribution in [2.45, 2.75) is 45.1 Å². The summed E-state index contributed by atoms with van der Waals surface area (Å²) >= 11 is 0. The van der Waals surface area contributed by atoms with Gasteiger partial charge in [-0.15, -0.1) is 0 Å². The lowest BCUT2D eigenvalue weighted by Crippen LogP contribution is -2.67. The fraction of sp³-hybridized carbons (Fsp3) is 1.00. The first kappa shape index (κ1) is 11.3. The van der Waals surface area contributed by atoms with Gasteiger partial charge in [0.25, 0.3) is 0 Å². The van der Waals surface area contributed by atoms with E-state index in [4.69, 9.17) is 4.74 Å². The third-order valence-electron chi connectivity index (χ3n) is 3.45. The number of piperazine rings is 1. The van der Waals surface area contributed by atoms with Gasteiger partial charge in [0.1, 0.15) is 6.23 Å². The SMILES string of the molecule is CCOC1CCC2NCCN(CC)C2N1. The number of nitrogens with one attached hydrogen (secondary N) is 2. The molecular weight excluding hydrogens is 190 g/mol. The predicted molar refractivity (Wildman–Crippen MR) is 60.6 cm³/mol. The van der Waals surface area contributed by atoms with Crippen LogP contribution in [0.5, 0.6) is 0 Å². The maximum absolute atomic E-state index is 5.66. The molecule has 15 heavy (non-hydrogen) atoms. The van der Waals surface area contributed by atoms with Crippen LogP contribution >= 0.6 is 0 Å². The summed E-state index contributed by atoms with van der Waals surface area (Å²) in [6.45, 7) is 8.47. The van der Waals surface area contributed by atoms with Crippen molar-refractivity contribution in [3.05, 3.63) is 0 Å². The molecule has 0 bridgehead atoms. The fourth-order valence-electron chi connectivity index (χ4n) is 2.67. The van der Waals surface area contributed by atoms with Crippen LogP contribution in [0.2, 0.25) is 0 Å². The van der Waals surface area contributed by atoms with Gasteiger partial charge in [-0.25, -0.2) is 0 Å². The Morgan fingerprint density at radius 3 is 2.93 bits per heavy atom. The molecule has 0 aromatic carbocycles. The van der Waals surface area contributed by atoms with Crippen molar-refractivity contribution in [2.75, 3.05) is 26.2 Å². The Kier molecular flexibility index (Phi) is 3.97. The second-order valence-corrected chi connectivity index (χ2v) is 4.32. The number of rotatable bonds is 3. The van der Waals surface area contributed by atoms with E-state index in [0.717, 1.165) is 32.7 Å². The summed E-state index contributed by atoms with van der Waals surface area (Å²) in [6.07, 6.45) is 3.07. The number of nitrogens with zero attached hydrogens (tertiary/aromatic N) is 1. The van der Waals surface area contributed by atoms with E-state index < -0.39 is 0 Å². The van der Waals surface area contributed by atoms with Crippen LogP contribution in [0.25, 0.3) is 0 Å². The fourth-order valence-corrected chi connectivity index (χ4v) is 2.67. The summed E-state index contributed by atoms with van der Waals surface area (Å²) in [5.74, 6) is 0. The molecule has 2 rings (SSSR count). The van der Waals surface area contributed by atoms with Crippen LogP contribution in [-0.4, -0.2) is 49.6 Å². The molecule has 2 aliphatic heterocycles. The van der Waals surface area contributed by atoms with Crippen molar-refractivity contribution in [1.29, 1.82) is 0 Å². The third kappa shape index (κ3) is 2.50. The van der Waals surface area contributed by atoms with Gasteiger partial charge < -0.3 is 10.1 Å². The minimum atomic E-state index is 0.255.